The van der Waals surface area contributed by atoms with Gasteiger partial charge in [-0.05, 0) is 25.2 Å². The second-order valence-electron chi connectivity index (χ2n) is 3.88. The molecule has 14 heavy (non-hydrogen) atoms. The van der Waals surface area contributed by atoms with E-state index < -0.39 is 0 Å². The first-order chi connectivity index (χ1) is 6.24. The van der Waals surface area contributed by atoms with Gasteiger partial charge in [-0.2, -0.15) is 0 Å². The second kappa shape index (κ2) is 10.7. The third-order valence-electron chi connectivity index (χ3n) is 2.48. The Kier molecular flexibility index (Phi) is 12.2. The molecule has 0 aliphatic heterocycles. The van der Waals surface area contributed by atoms with E-state index in [4.69, 9.17) is 5.11 Å². The van der Waals surface area contributed by atoms with E-state index in [2.05, 4.69) is 6.92 Å². The van der Waals surface area contributed by atoms with Gasteiger partial charge in [0.25, 0.3) is 0 Å². The van der Waals surface area contributed by atoms with Crippen LogP contribution in [-0.4, -0.2) is 23.5 Å². The van der Waals surface area contributed by atoms with Gasteiger partial charge in [0, 0.05) is 12.5 Å². The van der Waals surface area contributed by atoms with Crippen LogP contribution in [0.15, 0.2) is 0 Å². The standard InChI is InChI=1S/C8H14O.C3H8O.H2O/c1-7-2-4-8(6-9)5-3-7;1-2-3-4;/h6-8H,2-5H2,1H3;4H,2-3H2,1H3;1H2. The molecule has 0 saturated heterocycles. The van der Waals surface area contributed by atoms with Gasteiger partial charge in [0.15, 0.2) is 0 Å². The Morgan fingerprint density at radius 2 is 1.71 bits per heavy atom. The maximum Gasteiger partial charge on any atom is 0.123 e. The first-order valence-electron chi connectivity index (χ1n) is 5.30. The summed E-state index contributed by atoms with van der Waals surface area (Å²) in [6, 6.07) is 0. The number of aliphatic hydroxyl groups is 1. The highest BCUT2D eigenvalue weighted by molar-refractivity contribution is 5.53. The van der Waals surface area contributed by atoms with E-state index in [0.717, 1.165) is 31.5 Å². The third kappa shape index (κ3) is 8.20. The number of hydrogen-bond acceptors (Lipinski definition) is 2. The van der Waals surface area contributed by atoms with E-state index >= 15 is 0 Å². The maximum absolute atomic E-state index is 10.3. The molecule has 0 amide bonds. The molecule has 1 aliphatic carbocycles. The zero-order valence-corrected chi connectivity index (χ0v) is 9.33. The van der Waals surface area contributed by atoms with Crippen LogP contribution in [0.2, 0.25) is 0 Å². The average Bonchev–Trinajstić information content (AvgIpc) is 2.19. The van der Waals surface area contributed by atoms with E-state index in [0.29, 0.717) is 12.5 Å². The lowest BCUT2D eigenvalue weighted by atomic mass is 9.84. The second-order valence-corrected chi connectivity index (χ2v) is 3.88. The number of hydrogen-bond donors (Lipinski definition) is 1. The first-order valence-corrected chi connectivity index (χ1v) is 5.30. The van der Waals surface area contributed by atoms with Crippen LogP contribution in [0.1, 0.15) is 46.0 Å². The van der Waals surface area contributed by atoms with E-state index in [-0.39, 0.29) is 5.48 Å². The lowest BCUT2D eigenvalue weighted by Crippen LogP contribution is -2.12. The molecule has 3 heteroatoms. The fraction of sp³-hybridized carbons (Fsp3) is 0.909. The maximum atomic E-state index is 10.3. The molecule has 0 aromatic carbocycles. The Labute approximate surface area is 86.8 Å². The van der Waals surface area contributed by atoms with Crippen LogP contribution in [0, 0.1) is 11.8 Å². The minimum absolute atomic E-state index is 0. The predicted molar refractivity (Wildman–Crippen MR) is 58.2 cm³/mol. The van der Waals surface area contributed by atoms with Gasteiger partial charge < -0.3 is 15.4 Å². The summed E-state index contributed by atoms with van der Waals surface area (Å²) < 4.78 is 0. The smallest absolute Gasteiger partial charge is 0.123 e. The molecule has 0 atom stereocenters. The predicted octanol–water partition coefficient (Wildman–Crippen LogP) is 1.58. The van der Waals surface area contributed by atoms with Crippen molar-refractivity contribution in [2.45, 2.75) is 46.0 Å². The molecule has 0 radical (unpaired) electrons. The fourth-order valence-electron chi connectivity index (χ4n) is 1.42. The summed E-state index contributed by atoms with van der Waals surface area (Å²) in [5, 5.41) is 7.88. The fourth-order valence-corrected chi connectivity index (χ4v) is 1.42. The van der Waals surface area contributed by atoms with Gasteiger partial charge in [-0.15, -0.1) is 0 Å². The van der Waals surface area contributed by atoms with Gasteiger partial charge in [0.05, 0.1) is 0 Å². The van der Waals surface area contributed by atoms with Gasteiger partial charge in [-0.3, -0.25) is 0 Å². The number of aliphatic hydroxyl groups excluding tert-OH is 1. The number of carbonyl (C=O) groups is 1. The van der Waals surface area contributed by atoms with E-state index in [1.807, 2.05) is 6.92 Å². The summed E-state index contributed by atoms with van der Waals surface area (Å²) in [6.45, 7) is 4.51. The zero-order valence-electron chi connectivity index (χ0n) is 9.33. The molecule has 3 nitrogen and oxygen atoms in total. The molecule has 3 N–H and O–H groups in total. The van der Waals surface area contributed by atoms with Crippen molar-refractivity contribution in [2.75, 3.05) is 6.61 Å². The zero-order chi connectivity index (χ0) is 10.1. The minimum Gasteiger partial charge on any atom is -0.412 e. The van der Waals surface area contributed by atoms with Crippen molar-refractivity contribution in [1.29, 1.82) is 0 Å². The monoisotopic (exact) mass is 204 g/mol. The van der Waals surface area contributed by atoms with Crippen molar-refractivity contribution in [3.05, 3.63) is 0 Å². The van der Waals surface area contributed by atoms with Crippen molar-refractivity contribution in [3.63, 3.8) is 0 Å². The molecule has 0 heterocycles. The molecule has 0 aromatic rings. The van der Waals surface area contributed by atoms with E-state index in [9.17, 15) is 4.79 Å². The van der Waals surface area contributed by atoms with Crippen molar-refractivity contribution in [1.82, 2.24) is 0 Å². The largest absolute Gasteiger partial charge is 0.412 e. The highest BCUT2D eigenvalue weighted by atomic mass is 16.2. The molecule has 0 bridgehead atoms. The van der Waals surface area contributed by atoms with E-state index in [1.165, 1.54) is 12.8 Å². The molecule has 0 aromatic heterocycles. The summed E-state index contributed by atoms with van der Waals surface area (Å²) in [6.07, 6.45) is 6.76. The number of rotatable bonds is 2. The van der Waals surface area contributed by atoms with Gasteiger partial charge in [-0.1, -0.05) is 26.7 Å². The number of aldehydes is 1. The average molecular weight is 204 g/mol. The molecule has 1 rings (SSSR count). The normalized spacial score (nSPS) is 25.4. The Morgan fingerprint density at radius 1 is 1.29 bits per heavy atom. The van der Waals surface area contributed by atoms with Crippen molar-refractivity contribution >= 4 is 6.29 Å². The highest BCUT2D eigenvalue weighted by Gasteiger charge is 2.16. The van der Waals surface area contributed by atoms with Crippen molar-refractivity contribution in [2.24, 2.45) is 11.8 Å². The van der Waals surface area contributed by atoms with Gasteiger partial charge >= 0.3 is 0 Å². The SMILES string of the molecule is CC1CCC(C=O)CC1.CCCO.O. The van der Waals surface area contributed by atoms with Crippen LogP contribution in [0.3, 0.4) is 0 Å². The molecule has 1 saturated carbocycles. The lowest BCUT2D eigenvalue weighted by Gasteiger charge is -2.21. The van der Waals surface area contributed by atoms with Gasteiger partial charge in [0.2, 0.25) is 0 Å². The summed E-state index contributed by atoms with van der Waals surface area (Å²) >= 11 is 0. The first kappa shape index (κ1) is 16.0. The molecular formula is C11H24O3. The summed E-state index contributed by atoms with van der Waals surface area (Å²) in [7, 11) is 0. The Hall–Kier alpha value is -0.410. The molecular weight excluding hydrogens is 180 g/mol. The summed E-state index contributed by atoms with van der Waals surface area (Å²) in [5.41, 5.74) is 0. The molecule has 1 aliphatic rings. The molecule has 86 valence electrons. The van der Waals surface area contributed by atoms with Crippen molar-refractivity contribution < 1.29 is 15.4 Å². The molecule has 0 spiro atoms. The topological polar surface area (TPSA) is 68.8 Å². The van der Waals surface area contributed by atoms with Crippen LogP contribution in [0.4, 0.5) is 0 Å². The highest BCUT2D eigenvalue weighted by Crippen LogP contribution is 2.26. The Morgan fingerprint density at radius 3 is 2.00 bits per heavy atom. The Balaban J connectivity index is 0. The lowest BCUT2D eigenvalue weighted by molar-refractivity contribution is -0.112. The van der Waals surface area contributed by atoms with E-state index in [1.54, 1.807) is 0 Å². The quantitative estimate of drug-likeness (QED) is 0.694. The summed E-state index contributed by atoms with van der Waals surface area (Å²) in [4.78, 5) is 10.3. The van der Waals surface area contributed by atoms with Crippen LogP contribution >= 0.6 is 0 Å². The van der Waals surface area contributed by atoms with Crippen LogP contribution in [0.25, 0.3) is 0 Å². The van der Waals surface area contributed by atoms with Gasteiger partial charge in [-0.25, -0.2) is 0 Å². The van der Waals surface area contributed by atoms with Crippen LogP contribution in [-0.2, 0) is 4.79 Å². The molecule has 0 unspecified atom stereocenters. The van der Waals surface area contributed by atoms with Gasteiger partial charge in [0.1, 0.15) is 6.29 Å². The van der Waals surface area contributed by atoms with Crippen molar-refractivity contribution in [3.8, 4) is 0 Å². The minimum atomic E-state index is 0. The van der Waals surface area contributed by atoms with Crippen LogP contribution < -0.4 is 0 Å². The summed E-state index contributed by atoms with van der Waals surface area (Å²) in [5.74, 6) is 1.25. The molecule has 1 fully saturated rings. The number of carbonyl (C=O) groups excluding carboxylic acids is 1. The Bertz CT molecular complexity index is 116. The van der Waals surface area contributed by atoms with Crippen LogP contribution in [0.5, 0.6) is 0 Å². The third-order valence-corrected chi connectivity index (χ3v) is 2.48.